The molecule has 1 aromatic carbocycles. The zero-order valence-corrected chi connectivity index (χ0v) is 13.0. The van der Waals surface area contributed by atoms with E-state index in [2.05, 4.69) is 31.2 Å². The van der Waals surface area contributed by atoms with E-state index in [0.717, 1.165) is 10.0 Å². The van der Waals surface area contributed by atoms with Crippen LogP contribution in [0.15, 0.2) is 22.7 Å². The third-order valence-corrected chi connectivity index (χ3v) is 3.32. The van der Waals surface area contributed by atoms with Gasteiger partial charge in [0, 0.05) is 10.2 Å². The van der Waals surface area contributed by atoms with Crippen molar-refractivity contribution in [3.05, 3.63) is 49.3 Å². The molecule has 0 aliphatic heterocycles. The highest BCUT2D eigenvalue weighted by Crippen LogP contribution is 2.31. The number of nitrogens with one attached hydrogen (secondary N) is 1. The molecule has 2 rings (SSSR count). The first-order valence-electron chi connectivity index (χ1n) is 5.60. The molecule has 0 spiro atoms. The van der Waals surface area contributed by atoms with E-state index in [1.165, 1.54) is 6.92 Å². The van der Waals surface area contributed by atoms with Gasteiger partial charge in [0.25, 0.3) is 0 Å². The van der Waals surface area contributed by atoms with Crippen molar-refractivity contribution in [1.82, 2.24) is 9.97 Å². The number of nitro groups is 1. The quantitative estimate of drug-likeness (QED) is 0.507. The Morgan fingerprint density at radius 2 is 2.05 bits per heavy atom. The second kappa shape index (κ2) is 5.72. The number of hydrogen-bond acceptors (Lipinski definition) is 5. The minimum Gasteiger partial charge on any atom is -0.334 e. The Hall–Kier alpha value is -1.73. The fraction of sp³-hybridized carbons (Fsp3) is 0.167. The van der Waals surface area contributed by atoms with Gasteiger partial charge in [-0.1, -0.05) is 15.9 Å². The van der Waals surface area contributed by atoms with Gasteiger partial charge in [0.15, 0.2) is 0 Å². The van der Waals surface area contributed by atoms with Gasteiger partial charge in [0.2, 0.25) is 11.1 Å². The lowest BCUT2D eigenvalue weighted by Gasteiger charge is -2.10. The summed E-state index contributed by atoms with van der Waals surface area (Å²) in [7, 11) is 0. The lowest BCUT2D eigenvalue weighted by Crippen LogP contribution is -2.05. The summed E-state index contributed by atoms with van der Waals surface area (Å²) >= 11 is 9.13. The molecule has 0 radical (unpaired) electrons. The fourth-order valence-corrected chi connectivity index (χ4v) is 2.42. The van der Waals surface area contributed by atoms with E-state index in [0.29, 0.717) is 5.69 Å². The molecule has 0 saturated heterocycles. The van der Waals surface area contributed by atoms with E-state index < -0.39 is 4.92 Å². The maximum Gasteiger partial charge on any atom is 0.332 e. The molecule has 0 aliphatic rings. The van der Waals surface area contributed by atoms with Crippen LogP contribution < -0.4 is 5.32 Å². The molecular weight excluding hydrogens is 348 g/mol. The average molecular weight is 358 g/mol. The Morgan fingerprint density at radius 3 is 2.65 bits per heavy atom. The number of aryl methyl sites for hydroxylation is 2. The highest BCUT2D eigenvalue weighted by molar-refractivity contribution is 9.10. The second-order valence-corrected chi connectivity index (χ2v) is 5.37. The molecule has 1 N–H and O–H groups in total. The third kappa shape index (κ3) is 3.05. The Labute approximate surface area is 128 Å². The summed E-state index contributed by atoms with van der Waals surface area (Å²) < 4.78 is 0.923. The summed E-state index contributed by atoms with van der Waals surface area (Å²) in [6.45, 7) is 3.40. The molecule has 1 aromatic heterocycles. The standard InChI is InChI=1S/C12H10BrClN4O2/c1-6-5-8(13)3-4-9(6)16-11-10(18(19)20)7(2)15-12(14)17-11/h3-5H,1-2H3,(H,15,16,17). The van der Waals surface area contributed by atoms with Gasteiger partial charge in [-0.15, -0.1) is 0 Å². The molecule has 0 saturated carbocycles. The van der Waals surface area contributed by atoms with Crippen molar-refractivity contribution in [2.24, 2.45) is 0 Å². The molecule has 0 atom stereocenters. The van der Waals surface area contributed by atoms with Gasteiger partial charge in [0.1, 0.15) is 5.69 Å². The van der Waals surface area contributed by atoms with Crippen molar-refractivity contribution in [2.45, 2.75) is 13.8 Å². The van der Waals surface area contributed by atoms with Gasteiger partial charge in [-0.25, -0.2) is 4.98 Å². The fourth-order valence-electron chi connectivity index (χ4n) is 1.73. The predicted octanol–water partition coefficient (Wildman–Crippen LogP) is 4.16. The molecule has 104 valence electrons. The van der Waals surface area contributed by atoms with Crippen LogP contribution in [-0.4, -0.2) is 14.9 Å². The van der Waals surface area contributed by atoms with Crippen molar-refractivity contribution in [3.63, 3.8) is 0 Å². The third-order valence-electron chi connectivity index (χ3n) is 2.66. The molecule has 0 amide bonds. The van der Waals surface area contributed by atoms with Gasteiger partial charge in [-0.05, 0) is 49.2 Å². The van der Waals surface area contributed by atoms with Crippen LogP contribution in [0.25, 0.3) is 0 Å². The summed E-state index contributed by atoms with van der Waals surface area (Å²) in [6, 6.07) is 5.52. The number of hydrogen-bond donors (Lipinski definition) is 1. The predicted molar refractivity (Wildman–Crippen MR) is 80.6 cm³/mol. The van der Waals surface area contributed by atoms with Crippen molar-refractivity contribution in [2.75, 3.05) is 5.32 Å². The zero-order chi connectivity index (χ0) is 14.9. The van der Waals surface area contributed by atoms with Crippen LogP contribution in [0.5, 0.6) is 0 Å². The Morgan fingerprint density at radius 1 is 1.35 bits per heavy atom. The van der Waals surface area contributed by atoms with Gasteiger partial charge in [-0.2, -0.15) is 4.98 Å². The average Bonchev–Trinajstić information content (AvgIpc) is 2.31. The molecule has 0 bridgehead atoms. The molecule has 6 nitrogen and oxygen atoms in total. The van der Waals surface area contributed by atoms with E-state index in [1.807, 2.05) is 19.1 Å². The van der Waals surface area contributed by atoms with Crippen LogP contribution in [0.4, 0.5) is 17.2 Å². The largest absolute Gasteiger partial charge is 0.334 e. The van der Waals surface area contributed by atoms with Crippen LogP contribution in [0.3, 0.4) is 0 Å². The topological polar surface area (TPSA) is 81.0 Å². The number of anilines is 2. The first-order valence-corrected chi connectivity index (χ1v) is 6.77. The number of benzene rings is 1. The van der Waals surface area contributed by atoms with Crippen LogP contribution in [0.2, 0.25) is 5.28 Å². The van der Waals surface area contributed by atoms with Crippen LogP contribution in [-0.2, 0) is 0 Å². The van der Waals surface area contributed by atoms with Crippen molar-refractivity contribution >= 4 is 44.7 Å². The first-order chi connectivity index (χ1) is 9.38. The zero-order valence-electron chi connectivity index (χ0n) is 10.6. The van der Waals surface area contributed by atoms with Crippen LogP contribution >= 0.6 is 27.5 Å². The lowest BCUT2D eigenvalue weighted by atomic mass is 10.2. The molecule has 0 aliphatic carbocycles. The van der Waals surface area contributed by atoms with Gasteiger partial charge >= 0.3 is 5.69 Å². The van der Waals surface area contributed by atoms with E-state index in [9.17, 15) is 10.1 Å². The number of rotatable bonds is 3. The lowest BCUT2D eigenvalue weighted by molar-refractivity contribution is -0.385. The molecule has 0 fully saturated rings. The van der Waals surface area contributed by atoms with Crippen molar-refractivity contribution in [3.8, 4) is 0 Å². The van der Waals surface area contributed by atoms with Gasteiger partial charge in [-0.3, -0.25) is 10.1 Å². The monoisotopic (exact) mass is 356 g/mol. The smallest absolute Gasteiger partial charge is 0.332 e. The first kappa shape index (κ1) is 14.7. The Kier molecular flexibility index (Phi) is 4.20. The van der Waals surface area contributed by atoms with Gasteiger partial charge in [0.05, 0.1) is 4.92 Å². The highest BCUT2D eigenvalue weighted by Gasteiger charge is 2.22. The van der Waals surface area contributed by atoms with Crippen LogP contribution in [0, 0.1) is 24.0 Å². The van der Waals surface area contributed by atoms with Gasteiger partial charge < -0.3 is 5.32 Å². The summed E-state index contributed by atoms with van der Waals surface area (Å²) in [5, 5.41) is 14.0. The summed E-state index contributed by atoms with van der Waals surface area (Å²) in [6.07, 6.45) is 0. The maximum absolute atomic E-state index is 11.1. The number of nitrogens with zero attached hydrogens (tertiary/aromatic N) is 3. The SMILES string of the molecule is Cc1cc(Br)ccc1Nc1nc(Cl)nc(C)c1[N+](=O)[O-]. The molecule has 8 heteroatoms. The molecule has 1 heterocycles. The Bertz CT molecular complexity index is 693. The van der Waals surface area contributed by atoms with Crippen molar-refractivity contribution in [1.29, 1.82) is 0 Å². The van der Waals surface area contributed by atoms with E-state index in [4.69, 9.17) is 11.6 Å². The molecule has 0 unspecified atom stereocenters. The van der Waals surface area contributed by atoms with Crippen LogP contribution in [0.1, 0.15) is 11.3 Å². The normalized spacial score (nSPS) is 10.4. The molecular formula is C12H10BrClN4O2. The number of aromatic nitrogens is 2. The summed E-state index contributed by atoms with van der Waals surface area (Å²) in [4.78, 5) is 18.3. The molecule has 2 aromatic rings. The van der Waals surface area contributed by atoms with E-state index in [-0.39, 0.29) is 22.5 Å². The maximum atomic E-state index is 11.1. The second-order valence-electron chi connectivity index (χ2n) is 4.12. The van der Waals surface area contributed by atoms with E-state index in [1.54, 1.807) is 6.07 Å². The van der Waals surface area contributed by atoms with Crippen molar-refractivity contribution < 1.29 is 4.92 Å². The highest BCUT2D eigenvalue weighted by atomic mass is 79.9. The summed E-state index contributed by atoms with van der Waals surface area (Å²) in [5.41, 5.74) is 1.66. The van der Waals surface area contributed by atoms with E-state index >= 15 is 0 Å². The number of halogens is 2. The minimum atomic E-state index is -0.526. The minimum absolute atomic E-state index is 0.0367. The Balaban J connectivity index is 2.50. The summed E-state index contributed by atoms with van der Waals surface area (Å²) in [5.74, 6) is 0.0814. The molecule has 20 heavy (non-hydrogen) atoms.